The fraction of sp³-hybridized carbons (Fsp3) is 0.318. The van der Waals surface area contributed by atoms with Crippen LogP contribution in [0.2, 0.25) is 0 Å². The van der Waals surface area contributed by atoms with Gasteiger partial charge in [-0.2, -0.15) is 0 Å². The molecule has 0 radical (unpaired) electrons. The summed E-state index contributed by atoms with van der Waals surface area (Å²) in [6, 6.07) is 8.37. The summed E-state index contributed by atoms with van der Waals surface area (Å²) in [6.07, 6.45) is 3.13. The summed E-state index contributed by atoms with van der Waals surface area (Å²) >= 11 is 1.74. The van der Waals surface area contributed by atoms with E-state index in [1.54, 1.807) is 29.5 Å². The van der Waals surface area contributed by atoms with Crippen molar-refractivity contribution in [3.05, 3.63) is 64.1 Å². The number of rotatable bonds is 7. The number of nitrogens with zero attached hydrogens (tertiary/aromatic N) is 2. The van der Waals surface area contributed by atoms with Crippen LogP contribution in [0.15, 0.2) is 46.3 Å². The largest absolute Gasteiger partial charge is 0.441 e. The summed E-state index contributed by atoms with van der Waals surface area (Å²) < 4.78 is 19.4. The zero-order valence-corrected chi connectivity index (χ0v) is 17.2. The Balaban J connectivity index is 1.19. The molecule has 3 heterocycles. The Morgan fingerprint density at radius 1 is 1.23 bits per heavy atom. The minimum absolute atomic E-state index is 0.0504. The molecule has 8 heteroatoms. The number of oxazole rings is 1. The van der Waals surface area contributed by atoms with E-state index in [0.29, 0.717) is 36.7 Å². The number of thiophene rings is 1. The second kappa shape index (κ2) is 9.21. The molecule has 1 aliphatic heterocycles. The molecule has 0 atom stereocenters. The van der Waals surface area contributed by atoms with Gasteiger partial charge in [-0.3, -0.25) is 9.59 Å². The van der Waals surface area contributed by atoms with Gasteiger partial charge in [-0.1, -0.05) is 12.1 Å². The minimum Gasteiger partial charge on any atom is -0.441 e. The van der Waals surface area contributed by atoms with Crippen LogP contribution >= 0.6 is 11.3 Å². The lowest BCUT2D eigenvalue weighted by molar-refractivity contribution is -0.132. The molecule has 0 spiro atoms. The molecule has 6 nitrogen and oxygen atoms in total. The molecule has 0 saturated heterocycles. The highest BCUT2D eigenvalue weighted by atomic mass is 32.1. The van der Waals surface area contributed by atoms with Crippen molar-refractivity contribution >= 4 is 23.2 Å². The normalized spacial score (nSPS) is 13.2. The van der Waals surface area contributed by atoms with E-state index in [2.05, 4.69) is 21.7 Å². The molecule has 4 rings (SSSR count). The molecule has 3 aromatic rings. The zero-order chi connectivity index (χ0) is 20.9. The van der Waals surface area contributed by atoms with Crippen molar-refractivity contribution in [3.8, 4) is 11.3 Å². The Kier molecular flexibility index (Phi) is 6.23. The summed E-state index contributed by atoms with van der Waals surface area (Å²) in [5.74, 6) is 0.205. The van der Waals surface area contributed by atoms with Gasteiger partial charge in [0.25, 0.3) is 0 Å². The van der Waals surface area contributed by atoms with Crippen LogP contribution in [0.25, 0.3) is 11.3 Å². The maximum Gasteiger partial charge on any atom is 0.224 e. The van der Waals surface area contributed by atoms with Crippen LogP contribution in [0.1, 0.15) is 29.2 Å². The standard InChI is InChI=1S/C22H22FN3O3S/c23-17-4-2-1-3-16(17)18-13-25-21(29-18)6-5-20(27)24-10-7-22(28)26-11-8-19-15(14-26)9-12-30-19/h1-4,9,12-13H,5-8,10-11,14H2,(H,24,27). The number of amides is 2. The highest BCUT2D eigenvalue weighted by Crippen LogP contribution is 2.25. The monoisotopic (exact) mass is 427 g/mol. The zero-order valence-electron chi connectivity index (χ0n) is 16.4. The quantitative estimate of drug-likeness (QED) is 0.626. The Morgan fingerprint density at radius 3 is 2.97 bits per heavy atom. The number of hydrogen-bond donors (Lipinski definition) is 1. The van der Waals surface area contributed by atoms with Crippen molar-refractivity contribution in [3.63, 3.8) is 0 Å². The van der Waals surface area contributed by atoms with Gasteiger partial charge in [-0.25, -0.2) is 9.37 Å². The third-order valence-electron chi connectivity index (χ3n) is 5.08. The summed E-state index contributed by atoms with van der Waals surface area (Å²) in [6.45, 7) is 1.69. The van der Waals surface area contributed by atoms with Crippen molar-refractivity contribution in [2.24, 2.45) is 0 Å². The summed E-state index contributed by atoms with van der Waals surface area (Å²) in [5.41, 5.74) is 1.57. The molecule has 0 unspecified atom stereocenters. The molecule has 156 valence electrons. The van der Waals surface area contributed by atoms with Crippen molar-refractivity contribution in [2.75, 3.05) is 13.1 Å². The van der Waals surface area contributed by atoms with Crippen molar-refractivity contribution in [1.82, 2.24) is 15.2 Å². The lowest BCUT2D eigenvalue weighted by Crippen LogP contribution is -2.37. The average molecular weight is 428 g/mol. The Hall–Kier alpha value is -3.00. The SMILES string of the molecule is O=C(CCc1ncc(-c2ccccc2F)o1)NCCC(=O)N1CCc2sccc2C1. The van der Waals surface area contributed by atoms with Crippen molar-refractivity contribution in [2.45, 2.75) is 32.2 Å². The smallest absolute Gasteiger partial charge is 0.224 e. The number of carbonyl (C=O) groups excluding carboxylic acids is 2. The summed E-state index contributed by atoms with van der Waals surface area (Å²) in [7, 11) is 0. The first-order chi connectivity index (χ1) is 14.6. The van der Waals surface area contributed by atoms with E-state index in [-0.39, 0.29) is 30.5 Å². The second-order valence-electron chi connectivity index (χ2n) is 7.13. The number of benzene rings is 1. The third-order valence-corrected chi connectivity index (χ3v) is 6.10. The van der Waals surface area contributed by atoms with E-state index in [1.165, 1.54) is 22.7 Å². The molecular weight excluding hydrogens is 405 g/mol. The second-order valence-corrected chi connectivity index (χ2v) is 8.13. The molecule has 0 bridgehead atoms. The number of aromatic nitrogens is 1. The number of carbonyl (C=O) groups is 2. The number of aryl methyl sites for hydroxylation is 1. The molecule has 2 amide bonds. The Bertz CT molecular complexity index is 1050. The predicted molar refractivity (Wildman–Crippen MR) is 111 cm³/mol. The number of nitrogens with one attached hydrogen (secondary N) is 1. The molecule has 1 aromatic carbocycles. The van der Waals surface area contributed by atoms with E-state index in [0.717, 1.165) is 13.0 Å². The van der Waals surface area contributed by atoms with E-state index < -0.39 is 0 Å². The van der Waals surface area contributed by atoms with Gasteiger partial charge in [0.1, 0.15) is 5.82 Å². The molecule has 1 aliphatic rings. The highest BCUT2D eigenvalue weighted by Gasteiger charge is 2.21. The predicted octanol–water partition coefficient (Wildman–Crippen LogP) is 3.57. The van der Waals surface area contributed by atoms with Crippen LogP contribution in [-0.4, -0.2) is 34.8 Å². The Labute approximate surface area is 177 Å². The average Bonchev–Trinajstić information content (AvgIpc) is 3.41. The fourth-order valence-electron chi connectivity index (χ4n) is 3.45. The maximum atomic E-state index is 13.8. The first-order valence-corrected chi connectivity index (χ1v) is 10.8. The van der Waals surface area contributed by atoms with Crippen LogP contribution in [0, 0.1) is 5.82 Å². The first kappa shape index (κ1) is 20.3. The number of fused-ring (bicyclic) bond motifs is 1. The van der Waals surface area contributed by atoms with Gasteiger partial charge < -0.3 is 14.6 Å². The van der Waals surface area contributed by atoms with Crippen LogP contribution in [0.4, 0.5) is 4.39 Å². The molecule has 0 saturated carbocycles. The van der Waals surface area contributed by atoms with Crippen LogP contribution in [0.5, 0.6) is 0 Å². The third kappa shape index (κ3) is 4.76. The molecular formula is C22H22FN3O3S. The number of hydrogen-bond acceptors (Lipinski definition) is 5. The fourth-order valence-corrected chi connectivity index (χ4v) is 4.34. The molecule has 2 aromatic heterocycles. The van der Waals surface area contributed by atoms with E-state index >= 15 is 0 Å². The lowest BCUT2D eigenvalue weighted by atomic mass is 10.1. The van der Waals surface area contributed by atoms with Gasteiger partial charge in [0.05, 0.1) is 11.8 Å². The van der Waals surface area contributed by atoms with Gasteiger partial charge >= 0.3 is 0 Å². The highest BCUT2D eigenvalue weighted by molar-refractivity contribution is 7.10. The topological polar surface area (TPSA) is 75.4 Å². The van der Waals surface area contributed by atoms with Gasteiger partial charge in [0.15, 0.2) is 11.7 Å². The molecule has 0 fully saturated rings. The van der Waals surface area contributed by atoms with E-state index in [1.807, 2.05) is 4.90 Å². The lowest BCUT2D eigenvalue weighted by Gasteiger charge is -2.27. The van der Waals surface area contributed by atoms with E-state index in [4.69, 9.17) is 4.42 Å². The minimum atomic E-state index is -0.383. The van der Waals surface area contributed by atoms with Gasteiger partial charge in [-0.05, 0) is 35.6 Å². The summed E-state index contributed by atoms with van der Waals surface area (Å²) in [4.78, 5) is 31.8. The van der Waals surface area contributed by atoms with Crippen molar-refractivity contribution in [1.29, 1.82) is 0 Å². The van der Waals surface area contributed by atoms with Crippen LogP contribution in [-0.2, 0) is 29.0 Å². The van der Waals surface area contributed by atoms with Crippen molar-refractivity contribution < 1.29 is 18.4 Å². The van der Waals surface area contributed by atoms with E-state index in [9.17, 15) is 14.0 Å². The summed E-state index contributed by atoms with van der Waals surface area (Å²) in [5, 5.41) is 4.83. The van der Waals surface area contributed by atoms with Gasteiger partial charge in [0, 0.05) is 43.8 Å². The van der Waals surface area contributed by atoms with Gasteiger partial charge in [0.2, 0.25) is 11.8 Å². The molecule has 0 aliphatic carbocycles. The maximum absolute atomic E-state index is 13.8. The molecule has 1 N–H and O–H groups in total. The molecule has 30 heavy (non-hydrogen) atoms. The van der Waals surface area contributed by atoms with Crippen LogP contribution in [0.3, 0.4) is 0 Å². The Morgan fingerprint density at radius 2 is 2.10 bits per heavy atom. The van der Waals surface area contributed by atoms with Gasteiger partial charge in [-0.15, -0.1) is 11.3 Å². The van der Waals surface area contributed by atoms with Crippen LogP contribution < -0.4 is 5.32 Å². The number of halogens is 1. The first-order valence-electron chi connectivity index (χ1n) is 9.89.